The number of amides is 5. The number of benzene rings is 2. The van der Waals surface area contributed by atoms with E-state index in [1.807, 2.05) is 23.6 Å². The molecule has 4 heterocycles. The lowest BCUT2D eigenvalue weighted by Gasteiger charge is -2.39. The number of fused-ring (bicyclic) bond motifs is 1. The van der Waals surface area contributed by atoms with E-state index in [4.69, 9.17) is 35.5 Å². The number of nitrogens with one attached hydrogen (secondary N) is 3. The van der Waals surface area contributed by atoms with Crippen LogP contribution in [0.5, 0.6) is 11.5 Å². The van der Waals surface area contributed by atoms with Gasteiger partial charge in [-0.15, -0.1) is 11.3 Å². The Bertz CT molecular complexity index is 2190. The number of carbonyl (C=O) groups excluding carboxylic acids is 5. The van der Waals surface area contributed by atoms with Gasteiger partial charge in [0.2, 0.25) is 17.7 Å². The van der Waals surface area contributed by atoms with Gasteiger partial charge in [-0.05, 0) is 68.5 Å². The number of carbonyl (C=O) groups is 5. The van der Waals surface area contributed by atoms with E-state index in [-0.39, 0.29) is 92.1 Å². The Morgan fingerprint density at radius 2 is 1.68 bits per heavy atom. The Balaban J connectivity index is 0.859. The van der Waals surface area contributed by atoms with E-state index < -0.39 is 40.9 Å². The minimum absolute atomic E-state index is 0.0147. The second-order valence-corrected chi connectivity index (χ2v) is 15.6. The lowest BCUT2D eigenvalue weighted by molar-refractivity contribution is -0.136. The monoisotopic (exact) mass is 848 g/mol. The van der Waals surface area contributed by atoms with Crippen LogP contribution in [0, 0.1) is 11.2 Å². The molecule has 1 saturated heterocycles. The van der Waals surface area contributed by atoms with E-state index in [2.05, 4.69) is 20.9 Å². The van der Waals surface area contributed by atoms with Crippen molar-refractivity contribution in [2.45, 2.75) is 57.1 Å². The van der Waals surface area contributed by atoms with Gasteiger partial charge in [0.15, 0.2) is 16.7 Å². The van der Waals surface area contributed by atoms with Crippen LogP contribution in [-0.4, -0.2) is 96.1 Å². The van der Waals surface area contributed by atoms with Gasteiger partial charge >= 0.3 is 0 Å². The molecule has 15 nitrogen and oxygen atoms in total. The fourth-order valence-corrected chi connectivity index (χ4v) is 8.15. The summed E-state index contributed by atoms with van der Waals surface area (Å²) in [5.41, 5.74) is 0.146. The van der Waals surface area contributed by atoms with Gasteiger partial charge in [-0.25, -0.2) is 14.4 Å². The van der Waals surface area contributed by atoms with Gasteiger partial charge in [0, 0.05) is 36.7 Å². The van der Waals surface area contributed by atoms with Gasteiger partial charge in [-0.3, -0.25) is 34.2 Å². The number of ether oxygens (including phenoxy) is 4. The van der Waals surface area contributed by atoms with Crippen LogP contribution in [0.25, 0.3) is 0 Å². The molecule has 0 bridgehead atoms. The highest BCUT2D eigenvalue weighted by Crippen LogP contribution is 2.41. The maximum Gasteiger partial charge on any atom is 0.266 e. The summed E-state index contributed by atoms with van der Waals surface area (Å²) in [6, 6.07) is 13.8. The van der Waals surface area contributed by atoms with Crippen molar-refractivity contribution in [3.8, 4) is 11.5 Å². The van der Waals surface area contributed by atoms with E-state index in [0.717, 1.165) is 10.6 Å². The highest BCUT2D eigenvalue weighted by molar-refractivity contribution is 7.13. The number of anilines is 2. The zero-order valence-corrected chi connectivity index (χ0v) is 33.5. The number of imide groups is 2. The molecule has 1 atom stereocenters. The Labute approximate surface area is 347 Å². The highest BCUT2D eigenvalue weighted by Gasteiger charge is 2.46. The lowest BCUT2D eigenvalue weighted by atomic mass is 9.69. The smallest absolute Gasteiger partial charge is 0.266 e. The summed E-state index contributed by atoms with van der Waals surface area (Å²) in [5, 5.41) is 11.0. The first-order chi connectivity index (χ1) is 28.6. The summed E-state index contributed by atoms with van der Waals surface area (Å²) < 4.78 is 37.7. The molecule has 0 radical (unpaired) electrons. The number of nitrogens with zero attached hydrogens (tertiary/aromatic N) is 3. The average molecular weight is 849 g/mol. The Morgan fingerprint density at radius 1 is 0.932 bits per heavy atom. The molecule has 1 unspecified atom stereocenters. The van der Waals surface area contributed by atoms with Crippen molar-refractivity contribution in [1.82, 2.24) is 25.5 Å². The average Bonchev–Trinajstić information content (AvgIpc) is 3.83. The second-order valence-electron chi connectivity index (χ2n) is 14.3. The standard InChI is InChI=1S/C41H42ClFN6O9S/c42-28-6-3-8-31(35(28)43)58-26-12-14-41(15-13-26,24-25-4-1-9-32(46-25)47-40-45-17-23-59-40)39(54)44-16-18-55-19-20-56-21-22-57-30-7-2-5-27-34(30)38(53)49(37(27)52)29-10-11-33(50)48-36(29)51/h1-9,17,23,26,29H,10-16,18-22,24H2,(H,44,54)(H,45,46,47)(H,48,50,51). The molecule has 1 saturated carbocycles. The van der Waals surface area contributed by atoms with Gasteiger partial charge in [0.25, 0.3) is 11.8 Å². The maximum absolute atomic E-state index is 14.6. The number of pyridine rings is 1. The SMILES string of the molecule is O=C1CCC(N2C(=O)c3cccc(OCCOCCOCCNC(=O)C4(Cc5cccc(Nc6nccs6)n5)CCC(Oc5cccc(Cl)c5F)CC4)c3C2=O)C(=O)N1. The molecule has 310 valence electrons. The molecule has 2 fully saturated rings. The Morgan fingerprint density at radius 3 is 2.46 bits per heavy atom. The van der Waals surface area contributed by atoms with Crippen molar-refractivity contribution < 1.29 is 47.3 Å². The number of hydrogen-bond acceptors (Lipinski definition) is 13. The molecule has 3 N–H and O–H groups in total. The van der Waals surface area contributed by atoms with Gasteiger partial charge in [-0.1, -0.05) is 29.8 Å². The summed E-state index contributed by atoms with van der Waals surface area (Å²) in [6.45, 7) is 1.22. The summed E-state index contributed by atoms with van der Waals surface area (Å²) in [7, 11) is 0. The number of halogens is 2. The third-order valence-electron chi connectivity index (χ3n) is 10.4. The minimum Gasteiger partial charge on any atom is -0.490 e. The molecule has 18 heteroatoms. The topological polar surface area (TPSA) is 187 Å². The molecule has 2 aromatic carbocycles. The first-order valence-electron chi connectivity index (χ1n) is 19.3. The normalized spacial score (nSPS) is 20.3. The van der Waals surface area contributed by atoms with Crippen LogP contribution >= 0.6 is 22.9 Å². The lowest BCUT2D eigenvalue weighted by Crippen LogP contribution is -2.54. The first-order valence-corrected chi connectivity index (χ1v) is 20.5. The summed E-state index contributed by atoms with van der Waals surface area (Å²) in [6.07, 6.45) is 3.90. The molecular weight excluding hydrogens is 807 g/mol. The summed E-state index contributed by atoms with van der Waals surface area (Å²) >= 11 is 7.42. The van der Waals surface area contributed by atoms with Crippen molar-refractivity contribution >= 4 is 63.4 Å². The van der Waals surface area contributed by atoms with Crippen molar-refractivity contribution in [3.63, 3.8) is 0 Å². The van der Waals surface area contributed by atoms with Gasteiger partial charge in [-0.2, -0.15) is 0 Å². The molecule has 4 aromatic rings. The highest BCUT2D eigenvalue weighted by atomic mass is 35.5. The molecule has 1 aliphatic carbocycles. The van der Waals surface area contributed by atoms with Crippen molar-refractivity contribution in [2.24, 2.45) is 5.41 Å². The van der Waals surface area contributed by atoms with Crippen molar-refractivity contribution in [3.05, 3.63) is 93.8 Å². The summed E-state index contributed by atoms with van der Waals surface area (Å²) in [5.74, 6) is -2.23. The molecule has 2 aromatic heterocycles. The van der Waals surface area contributed by atoms with Crippen LogP contribution in [0.15, 0.2) is 66.2 Å². The van der Waals surface area contributed by atoms with Crippen LogP contribution in [0.2, 0.25) is 5.02 Å². The van der Waals surface area contributed by atoms with E-state index in [0.29, 0.717) is 43.1 Å². The van der Waals surface area contributed by atoms with Crippen molar-refractivity contribution in [1.29, 1.82) is 0 Å². The molecule has 5 amide bonds. The number of hydrogen-bond donors (Lipinski definition) is 3. The molecule has 0 spiro atoms. The van der Waals surface area contributed by atoms with E-state index in [1.54, 1.807) is 30.5 Å². The zero-order valence-electron chi connectivity index (χ0n) is 31.9. The zero-order chi connectivity index (χ0) is 41.4. The van der Waals surface area contributed by atoms with Crippen LogP contribution in [0.1, 0.15) is 64.9 Å². The number of thiazole rings is 1. The first kappa shape index (κ1) is 41.7. The van der Waals surface area contributed by atoms with Gasteiger partial charge in [0.05, 0.1) is 54.1 Å². The third kappa shape index (κ3) is 9.87. The predicted molar refractivity (Wildman–Crippen MR) is 213 cm³/mol. The number of rotatable bonds is 18. The minimum atomic E-state index is -1.07. The van der Waals surface area contributed by atoms with Gasteiger partial charge < -0.3 is 29.6 Å². The van der Waals surface area contributed by atoms with Crippen LogP contribution < -0.4 is 25.4 Å². The Kier molecular flexibility index (Phi) is 13.5. The van der Waals surface area contributed by atoms with E-state index >= 15 is 0 Å². The Hall–Kier alpha value is -5.49. The third-order valence-corrected chi connectivity index (χ3v) is 11.4. The van der Waals surface area contributed by atoms with Crippen LogP contribution in [0.3, 0.4) is 0 Å². The molecular formula is C41H42ClFN6O9S. The van der Waals surface area contributed by atoms with Gasteiger partial charge in [0.1, 0.15) is 24.2 Å². The molecule has 2 aliphatic heterocycles. The molecule has 3 aliphatic rings. The number of aromatic nitrogens is 2. The number of piperidine rings is 1. The molecule has 59 heavy (non-hydrogen) atoms. The quantitative estimate of drug-likeness (QED) is 0.0873. The van der Waals surface area contributed by atoms with E-state index in [1.165, 1.54) is 23.5 Å². The molecule has 7 rings (SSSR count). The summed E-state index contributed by atoms with van der Waals surface area (Å²) in [4.78, 5) is 74.2. The maximum atomic E-state index is 14.6. The predicted octanol–water partition coefficient (Wildman–Crippen LogP) is 5.25. The fourth-order valence-electron chi connectivity index (χ4n) is 7.45. The second kappa shape index (κ2) is 19.1. The van der Waals surface area contributed by atoms with Crippen LogP contribution in [-0.2, 0) is 30.3 Å². The van der Waals surface area contributed by atoms with Crippen molar-refractivity contribution in [2.75, 3.05) is 44.9 Å². The van der Waals surface area contributed by atoms with E-state index in [9.17, 15) is 28.4 Å². The fraction of sp³-hybridized carbons (Fsp3) is 0.390. The largest absolute Gasteiger partial charge is 0.490 e. The van der Waals surface area contributed by atoms with Crippen LogP contribution in [0.4, 0.5) is 15.3 Å².